The molecular formula is C11H7F9N2O2. The van der Waals surface area contributed by atoms with E-state index in [1.54, 1.807) is 0 Å². The molecule has 0 atom stereocenters. The molecule has 0 radical (unpaired) electrons. The van der Waals surface area contributed by atoms with Gasteiger partial charge < -0.3 is 10.4 Å². The number of hydrogen-bond acceptors (Lipinski definition) is 3. The van der Waals surface area contributed by atoms with E-state index < -0.39 is 47.8 Å². The second-order valence-electron chi connectivity index (χ2n) is 4.44. The van der Waals surface area contributed by atoms with Crippen LogP contribution in [0.3, 0.4) is 0 Å². The van der Waals surface area contributed by atoms with Crippen LogP contribution < -0.4 is 5.32 Å². The largest absolute Gasteiger partial charge is 0.428 e. The van der Waals surface area contributed by atoms with Crippen LogP contribution in [0.15, 0.2) is 18.3 Å². The topological polar surface area (TPSA) is 62.2 Å². The van der Waals surface area contributed by atoms with E-state index in [0.717, 1.165) is 11.4 Å². The number of alkyl halides is 9. The summed E-state index contributed by atoms with van der Waals surface area (Å²) in [5.41, 5.74) is -8.43. The quantitative estimate of drug-likeness (QED) is 0.805. The van der Waals surface area contributed by atoms with Crippen molar-refractivity contribution in [3.8, 4) is 0 Å². The van der Waals surface area contributed by atoms with E-state index in [1.165, 1.54) is 0 Å². The molecule has 136 valence electrons. The molecule has 2 N–H and O–H groups in total. The normalized spacial score (nSPS) is 13.8. The Kier molecular flexibility index (Phi) is 5.09. The lowest BCUT2D eigenvalue weighted by Crippen LogP contribution is -2.62. The molecule has 13 heteroatoms. The highest BCUT2D eigenvalue weighted by Gasteiger charge is 2.70. The van der Waals surface area contributed by atoms with Gasteiger partial charge in [-0.25, -0.2) is 0 Å². The second kappa shape index (κ2) is 6.11. The van der Waals surface area contributed by atoms with Gasteiger partial charge in [0.25, 0.3) is 11.5 Å². The molecule has 0 aromatic carbocycles. The Labute approximate surface area is 127 Å². The molecule has 1 heterocycles. The lowest BCUT2D eigenvalue weighted by atomic mass is 10.0. The molecule has 4 nitrogen and oxygen atoms in total. The van der Waals surface area contributed by atoms with Crippen LogP contribution in [0.25, 0.3) is 0 Å². The van der Waals surface area contributed by atoms with Gasteiger partial charge in [-0.2, -0.15) is 39.5 Å². The zero-order valence-electron chi connectivity index (χ0n) is 11.1. The average Bonchev–Trinajstić information content (AvgIpc) is 2.41. The van der Waals surface area contributed by atoms with E-state index in [9.17, 15) is 44.3 Å². The lowest BCUT2D eigenvalue weighted by molar-refractivity contribution is -0.364. The number of carbonyl (C=O) groups is 1. The summed E-state index contributed by atoms with van der Waals surface area (Å²) in [5, 5.41) is 9.78. The number of hydrogen-bond donors (Lipinski definition) is 2. The van der Waals surface area contributed by atoms with Gasteiger partial charge in [0.05, 0.1) is 12.1 Å². The average molecular weight is 370 g/mol. The highest BCUT2D eigenvalue weighted by molar-refractivity contribution is 5.93. The lowest BCUT2D eigenvalue weighted by Gasteiger charge is -2.32. The monoisotopic (exact) mass is 370 g/mol. The van der Waals surface area contributed by atoms with Gasteiger partial charge in [-0.3, -0.25) is 9.78 Å². The molecule has 24 heavy (non-hydrogen) atoms. The molecule has 1 aromatic rings. The van der Waals surface area contributed by atoms with Crippen LogP contribution in [-0.4, -0.2) is 40.5 Å². The molecule has 1 aromatic heterocycles. The Morgan fingerprint density at radius 2 is 1.54 bits per heavy atom. The van der Waals surface area contributed by atoms with Crippen molar-refractivity contribution >= 4 is 5.91 Å². The summed E-state index contributed by atoms with van der Waals surface area (Å²) < 4.78 is 112. The number of rotatable bonds is 3. The van der Waals surface area contributed by atoms with Crippen LogP contribution in [0.2, 0.25) is 0 Å². The Hall–Kier alpha value is -2.05. The number of amides is 1. The third kappa shape index (κ3) is 3.88. The number of nitrogens with one attached hydrogen (secondary N) is 1. The summed E-state index contributed by atoms with van der Waals surface area (Å²) >= 11 is 0. The van der Waals surface area contributed by atoms with Crippen molar-refractivity contribution < 1.29 is 49.4 Å². The molecule has 0 aliphatic carbocycles. The zero-order chi connectivity index (χ0) is 19.0. The molecule has 0 aliphatic rings. The van der Waals surface area contributed by atoms with Gasteiger partial charge >= 0.3 is 18.5 Å². The van der Waals surface area contributed by atoms with E-state index in [0.29, 0.717) is 12.3 Å². The van der Waals surface area contributed by atoms with Crippen LogP contribution in [0.4, 0.5) is 39.5 Å². The molecule has 0 spiro atoms. The molecule has 1 amide bonds. The molecule has 0 saturated carbocycles. The third-order valence-electron chi connectivity index (χ3n) is 2.77. The van der Waals surface area contributed by atoms with Gasteiger partial charge in [-0.15, -0.1) is 0 Å². The summed E-state index contributed by atoms with van der Waals surface area (Å²) in [6, 6.07) is 1.13. The summed E-state index contributed by atoms with van der Waals surface area (Å²) in [7, 11) is 0. The number of pyridine rings is 1. The number of aliphatic hydroxyl groups is 1. The third-order valence-corrected chi connectivity index (χ3v) is 2.77. The van der Waals surface area contributed by atoms with Crippen LogP contribution in [0.1, 0.15) is 16.1 Å². The number of nitrogens with zero attached hydrogens (tertiary/aromatic N) is 1. The summed E-state index contributed by atoms with van der Waals surface area (Å²) in [4.78, 5) is 14.5. The van der Waals surface area contributed by atoms with E-state index in [-0.39, 0.29) is 0 Å². The highest BCUT2D eigenvalue weighted by atomic mass is 19.4. The molecule has 0 unspecified atom stereocenters. The van der Waals surface area contributed by atoms with Crippen LogP contribution in [-0.2, 0) is 6.18 Å². The molecule has 0 fully saturated rings. The van der Waals surface area contributed by atoms with Gasteiger partial charge in [0.2, 0.25) is 0 Å². The van der Waals surface area contributed by atoms with Gasteiger partial charge in [0.1, 0.15) is 5.69 Å². The fourth-order valence-corrected chi connectivity index (χ4v) is 1.47. The molecule has 0 saturated heterocycles. The van der Waals surface area contributed by atoms with Crippen molar-refractivity contribution in [2.75, 3.05) is 6.54 Å². The maximum atomic E-state index is 12.6. The molecule has 0 aliphatic heterocycles. The first-order valence-electron chi connectivity index (χ1n) is 5.77. The van der Waals surface area contributed by atoms with Crippen molar-refractivity contribution in [2.24, 2.45) is 0 Å². The van der Waals surface area contributed by atoms with Crippen LogP contribution in [0.5, 0.6) is 0 Å². The van der Waals surface area contributed by atoms with Crippen molar-refractivity contribution in [2.45, 2.75) is 24.1 Å². The highest BCUT2D eigenvalue weighted by Crippen LogP contribution is 2.42. The van der Waals surface area contributed by atoms with Gasteiger partial charge in [0.15, 0.2) is 0 Å². The predicted molar refractivity (Wildman–Crippen MR) is 58.6 cm³/mol. The van der Waals surface area contributed by atoms with Crippen molar-refractivity contribution in [3.05, 3.63) is 29.6 Å². The fourth-order valence-electron chi connectivity index (χ4n) is 1.47. The van der Waals surface area contributed by atoms with Crippen molar-refractivity contribution in [3.63, 3.8) is 0 Å². The van der Waals surface area contributed by atoms with Gasteiger partial charge in [-0.1, -0.05) is 0 Å². The van der Waals surface area contributed by atoms with Crippen LogP contribution >= 0.6 is 0 Å². The Morgan fingerprint density at radius 3 is 1.96 bits per heavy atom. The minimum atomic E-state index is -6.23. The SMILES string of the molecule is O=C(NCC(O)(C(F)(F)F)C(F)(F)F)c1ncccc1C(F)(F)F. The number of halogens is 9. The predicted octanol–water partition coefficient (Wildman–Crippen LogP) is 2.69. The van der Waals surface area contributed by atoms with Crippen LogP contribution in [0, 0.1) is 0 Å². The first kappa shape index (κ1) is 20.0. The summed E-state index contributed by atoms with van der Waals surface area (Å²) in [6.07, 6.45) is -16.9. The molecule has 1 rings (SSSR count). The zero-order valence-corrected chi connectivity index (χ0v) is 11.1. The first-order valence-corrected chi connectivity index (χ1v) is 5.77. The maximum Gasteiger partial charge on any atom is 0.428 e. The van der Waals surface area contributed by atoms with Crippen molar-refractivity contribution in [1.29, 1.82) is 0 Å². The number of carbonyl (C=O) groups excluding carboxylic acids is 1. The van der Waals surface area contributed by atoms with E-state index >= 15 is 0 Å². The minimum absolute atomic E-state index is 0.363. The van der Waals surface area contributed by atoms with E-state index in [1.807, 2.05) is 0 Å². The second-order valence-corrected chi connectivity index (χ2v) is 4.44. The van der Waals surface area contributed by atoms with Crippen molar-refractivity contribution in [1.82, 2.24) is 10.3 Å². The minimum Gasteiger partial charge on any atom is -0.372 e. The Bertz CT molecular complexity index is 593. The smallest absolute Gasteiger partial charge is 0.372 e. The Morgan fingerprint density at radius 1 is 1.04 bits per heavy atom. The van der Waals surface area contributed by atoms with E-state index in [4.69, 9.17) is 5.11 Å². The van der Waals surface area contributed by atoms with Gasteiger partial charge in [0, 0.05) is 6.20 Å². The van der Waals surface area contributed by atoms with Gasteiger partial charge in [-0.05, 0) is 12.1 Å². The molecule has 0 bridgehead atoms. The number of aromatic nitrogens is 1. The molecular weight excluding hydrogens is 363 g/mol. The Balaban J connectivity index is 3.10. The fraction of sp³-hybridized carbons (Fsp3) is 0.455. The first-order chi connectivity index (χ1) is 10.6. The van der Waals surface area contributed by atoms with E-state index in [2.05, 4.69) is 4.98 Å². The summed E-state index contributed by atoms with van der Waals surface area (Å²) in [6.45, 7) is -2.44. The maximum absolute atomic E-state index is 12.6. The standard InChI is InChI=1S/C11H7F9N2O2/c12-9(13,14)5-2-1-3-21-6(5)7(23)22-4-8(24,10(15,16)17)11(18,19)20/h1-3,24H,4H2,(H,22,23). The summed E-state index contributed by atoms with van der Waals surface area (Å²) in [5.74, 6) is -1.96.